The van der Waals surface area contributed by atoms with E-state index >= 15 is 0 Å². The summed E-state index contributed by atoms with van der Waals surface area (Å²) in [4.78, 5) is 16.8. The smallest absolute Gasteiger partial charge is 0.343 e. The summed E-state index contributed by atoms with van der Waals surface area (Å²) in [6.45, 7) is 12.2. The van der Waals surface area contributed by atoms with Crippen LogP contribution < -0.4 is 0 Å². The minimum absolute atomic E-state index is 0.0652. The molecule has 0 heterocycles. The molecule has 94 valence electrons. The van der Waals surface area contributed by atoms with Crippen LogP contribution in [0.3, 0.4) is 0 Å². The third kappa shape index (κ3) is 5.90. The van der Waals surface area contributed by atoms with Crippen LogP contribution in [0.5, 0.6) is 0 Å². The highest BCUT2D eigenvalue weighted by atomic mass is 28.4. The molecular formula is C11H23NO3Si. The van der Waals surface area contributed by atoms with E-state index in [0.717, 1.165) is 6.42 Å². The lowest BCUT2D eigenvalue weighted by Gasteiger charge is -2.19. The van der Waals surface area contributed by atoms with Gasteiger partial charge in [-0.15, -0.1) is 0 Å². The van der Waals surface area contributed by atoms with Gasteiger partial charge in [-0.3, -0.25) is 0 Å². The zero-order chi connectivity index (χ0) is 12.8. The summed E-state index contributed by atoms with van der Waals surface area (Å²) in [6, 6.07) is 0. The van der Waals surface area contributed by atoms with Crippen molar-refractivity contribution in [2.75, 3.05) is 6.61 Å². The van der Waals surface area contributed by atoms with Gasteiger partial charge in [0.15, 0.2) is 5.71 Å². The van der Waals surface area contributed by atoms with Crippen molar-refractivity contribution in [1.82, 2.24) is 0 Å². The molecule has 1 atom stereocenters. The van der Waals surface area contributed by atoms with Crippen molar-refractivity contribution < 1.29 is 14.1 Å². The van der Waals surface area contributed by atoms with Crippen LogP contribution >= 0.6 is 0 Å². The minimum Gasteiger partial charge on any atom is -0.515 e. The van der Waals surface area contributed by atoms with Gasteiger partial charge in [0.2, 0.25) is 8.32 Å². The summed E-state index contributed by atoms with van der Waals surface area (Å²) in [5, 5.41) is 3.86. The molecule has 0 amide bonds. The van der Waals surface area contributed by atoms with Crippen LogP contribution in [-0.4, -0.2) is 26.6 Å². The fourth-order valence-electron chi connectivity index (χ4n) is 0.986. The van der Waals surface area contributed by atoms with Crippen LogP contribution in [0.1, 0.15) is 27.2 Å². The zero-order valence-electron chi connectivity index (χ0n) is 11.2. The van der Waals surface area contributed by atoms with E-state index < -0.39 is 8.32 Å². The molecule has 16 heavy (non-hydrogen) atoms. The Morgan fingerprint density at radius 2 is 1.88 bits per heavy atom. The molecule has 0 saturated heterocycles. The van der Waals surface area contributed by atoms with Gasteiger partial charge in [0, 0.05) is 5.92 Å². The fraction of sp³-hybridized carbons (Fsp3) is 0.818. The minimum atomic E-state index is -1.87. The van der Waals surface area contributed by atoms with Crippen molar-refractivity contribution in [1.29, 1.82) is 0 Å². The van der Waals surface area contributed by atoms with Crippen molar-refractivity contribution in [2.24, 2.45) is 11.1 Å². The van der Waals surface area contributed by atoms with Crippen LogP contribution in [0.4, 0.5) is 0 Å². The first-order valence-electron chi connectivity index (χ1n) is 5.75. The van der Waals surface area contributed by atoms with Gasteiger partial charge in [0.05, 0.1) is 0 Å². The fourth-order valence-corrected chi connectivity index (χ4v) is 1.65. The Morgan fingerprint density at radius 3 is 2.25 bits per heavy atom. The Labute approximate surface area is 99.1 Å². The lowest BCUT2D eigenvalue weighted by atomic mass is 10.0. The summed E-state index contributed by atoms with van der Waals surface area (Å²) < 4.78 is 5.41. The molecule has 1 unspecified atom stereocenters. The van der Waals surface area contributed by atoms with Gasteiger partial charge in [-0.25, -0.2) is 4.79 Å². The van der Waals surface area contributed by atoms with Gasteiger partial charge in [-0.05, 0) is 33.0 Å². The van der Waals surface area contributed by atoms with E-state index in [2.05, 4.69) is 5.16 Å². The van der Waals surface area contributed by atoms with Gasteiger partial charge >= 0.3 is 5.97 Å². The predicted octanol–water partition coefficient (Wildman–Crippen LogP) is 2.80. The molecule has 0 rings (SSSR count). The van der Waals surface area contributed by atoms with E-state index in [1.165, 1.54) is 0 Å². The van der Waals surface area contributed by atoms with Gasteiger partial charge in [0.25, 0.3) is 0 Å². The Kier molecular flexibility index (Phi) is 6.33. The normalized spacial score (nSPS) is 14.5. The molecule has 0 saturated carbocycles. The zero-order valence-corrected chi connectivity index (χ0v) is 12.2. The molecule has 5 heteroatoms. The third-order valence-corrected chi connectivity index (χ3v) is 2.78. The highest BCUT2D eigenvalue weighted by Gasteiger charge is 2.26. The Bertz CT molecular complexity index is 258. The molecule has 4 nitrogen and oxygen atoms in total. The first-order chi connectivity index (χ1) is 7.31. The van der Waals surface area contributed by atoms with E-state index in [1.54, 1.807) is 0 Å². The quantitative estimate of drug-likeness (QED) is 0.411. The lowest BCUT2D eigenvalue weighted by molar-refractivity contribution is -0.128. The van der Waals surface area contributed by atoms with Crippen molar-refractivity contribution in [2.45, 2.75) is 46.8 Å². The van der Waals surface area contributed by atoms with Crippen molar-refractivity contribution in [3.8, 4) is 0 Å². The second-order valence-corrected chi connectivity index (χ2v) is 9.13. The van der Waals surface area contributed by atoms with E-state index in [1.807, 2.05) is 40.4 Å². The van der Waals surface area contributed by atoms with Crippen molar-refractivity contribution >= 4 is 20.0 Å². The third-order valence-electron chi connectivity index (χ3n) is 1.98. The molecule has 0 bridgehead atoms. The standard InChI is InChI=1S/C11H23NO3Si/c1-7-9(3)10(12-14-8-2)11(13)15-16(4,5)6/h9H,7-8H2,1-6H3. The van der Waals surface area contributed by atoms with E-state index in [-0.39, 0.29) is 11.9 Å². The maximum Gasteiger partial charge on any atom is 0.343 e. The van der Waals surface area contributed by atoms with Gasteiger partial charge in [-0.1, -0.05) is 19.0 Å². The van der Waals surface area contributed by atoms with E-state index in [9.17, 15) is 4.79 Å². The number of carbonyl (C=O) groups excluding carboxylic acids is 1. The molecule has 0 spiro atoms. The number of carbonyl (C=O) groups is 1. The number of hydrogen-bond donors (Lipinski definition) is 0. The lowest BCUT2D eigenvalue weighted by Crippen LogP contribution is -2.35. The Balaban J connectivity index is 4.70. The van der Waals surface area contributed by atoms with Gasteiger partial charge in [0.1, 0.15) is 6.61 Å². The molecule has 0 fully saturated rings. The van der Waals surface area contributed by atoms with Gasteiger partial charge < -0.3 is 9.26 Å². The SMILES string of the molecule is CCON=C(C(=O)O[Si](C)(C)C)C(C)CC. The van der Waals surface area contributed by atoms with Crippen LogP contribution in [0.25, 0.3) is 0 Å². The van der Waals surface area contributed by atoms with E-state index in [0.29, 0.717) is 12.3 Å². The summed E-state index contributed by atoms with van der Waals surface area (Å²) in [7, 11) is -1.87. The molecule has 0 N–H and O–H groups in total. The van der Waals surface area contributed by atoms with E-state index in [4.69, 9.17) is 9.26 Å². The molecule has 0 radical (unpaired) electrons. The number of nitrogens with zero attached hydrogens (tertiary/aromatic N) is 1. The highest BCUT2D eigenvalue weighted by molar-refractivity contribution is 6.72. The number of oxime groups is 1. The first-order valence-corrected chi connectivity index (χ1v) is 9.15. The summed E-state index contributed by atoms with van der Waals surface area (Å²) in [5.41, 5.74) is 0.395. The second-order valence-electron chi connectivity index (χ2n) is 4.71. The largest absolute Gasteiger partial charge is 0.515 e. The first kappa shape index (κ1) is 15.2. The average molecular weight is 245 g/mol. The predicted molar refractivity (Wildman–Crippen MR) is 68.0 cm³/mol. The molecular weight excluding hydrogens is 222 g/mol. The molecule has 0 aromatic heterocycles. The topological polar surface area (TPSA) is 47.9 Å². The summed E-state index contributed by atoms with van der Waals surface area (Å²) in [5.74, 6) is -0.266. The second kappa shape index (κ2) is 6.68. The highest BCUT2D eigenvalue weighted by Crippen LogP contribution is 2.10. The van der Waals surface area contributed by atoms with Crippen molar-refractivity contribution in [3.63, 3.8) is 0 Å². The molecule has 0 aromatic rings. The Morgan fingerprint density at radius 1 is 1.31 bits per heavy atom. The van der Waals surface area contributed by atoms with Crippen LogP contribution in [0.15, 0.2) is 5.16 Å². The Hall–Kier alpha value is -0.843. The summed E-state index contributed by atoms with van der Waals surface area (Å²) in [6.07, 6.45) is 0.840. The molecule has 0 aliphatic carbocycles. The van der Waals surface area contributed by atoms with Crippen LogP contribution in [0, 0.1) is 5.92 Å². The van der Waals surface area contributed by atoms with Gasteiger partial charge in [-0.2, -0.15) is 0 Å². The van der Waals surface area contributed by atoms with Crippen LogP contribution in [-0.2, 0) is 14.1 Å². The summed E-state index contributed by atoms with van der Waals surface area (Å²) >= 11 is 0. The molecule has 0 aliphatic heterocycles. The van der Waals surface area contributed by atoms with Crippen LogP contribution in [0.2, 0.25) is 19.6 Å². The molecule has 0 aliphatic rings. The average Bonchev–Trinajstić information content (AvgIpc) is 2.15. The maximum absolute atomic E-state index is 11.9. The number of rotatable bonds is 6. The molecule has 0 aromatic carbocycles. The van der Waals surface area contributed by atoms with Crippen molar-refractivity contribution in [3.05, 3.63) is 0 Å². The monoisotopic (exact) mass is 245 g/mol. The number of hydrogen-bond acceptors (Lipinski definition) is 4. The maximum atomic E-state index is 11.9.